The first-order chi connectivity index (χ1) is 8.24. The summed E-state index contributed by atoms with van der Waals surface area (Å²) in [5, 5.41) is 13.0. The Hall–Kier alpha value is -1.88. The lowest BCUT2D eigenvalue weighted by atomic mass is 10.2. The van der Waals surface area contributed by atoms with Gasteiger partial charge in [-0.05, 0) is 18.6 Å². The topological polar surface area (TPSA) is 84.1 Å². The largest absolute Gasteiger partial charge is 0.394 e. The Kier molecular flexibility index (Phi) is 3.39. The fourth-order valence-corrected chi connectivity index (χ4v) is 1.63. The van der Waals surface area contributed by atoms with Crippen molar-refractivity contribution in [3.8, 4) is 0 Å². The number of nitrogens with zero attached hydrogens (tertiary/aromatic N) is 2. The number of nitrogens with two attached hydrogens (primary N) is 1. The Labute approximate surface area is 99.7 Å². The maximum absolute atomic E-state index is 9.12. The quantitative estimate of drug-likeness (QED) is 0.742. The summed E-state index contributed by atoms with van der Waals surface area (Å²) in [4.78, 5) is 8.54. The first-order valence-corrected chi connectivity index (χ1v) is 5.64. The van der Waals surface area contributed by atoms with Crippen LogP contribution in [0.15, 0.2) is 24.3 Å². The molecule has 0 aliphatic carbocycles. The van der Waals surface area contributed by atoms with E-state index < -0.39 is 0 Å². The maximum Gasteiger partial charge on any atom is 0.225 e. The van der Waals surface area contributed by atoms with Crippen LogP contribution in [0, 0.1) is 0 Å². The van der Waals surface area contributed by atoms with Crippen LogP contribution in [-0.4, -0.2) is 27.7 Å². The average molecular weight is 232 g/mol. The molecule has 5 nitrogen and oxygen atoms in total. The summed E-state index contributed by atoms with van der Waals surface area (Å²) in [6, 6.07) is 7.53. The van der Waals surface area contributed by atoms with Gasteiger partial charge in [0.25, 0.3) is 0 Å². The number of nitrogens with one attached hydrogen (secondary N) is 1. The molecule has 5 heteroatoms. The van der Waals surface area contributed by atoms with Crippen LogP contribution in [0.25, 0.3) is 10.9 Å². The number of hydrogen-bond acceptors (Lipinski definition) is 5. The minimum absolute atomic E-state index is 0.0458. The minimum atomic E-state index is -0.0458. The lowest BCUT2D eigenvalue weighted by molar-refractivity contribution is 0.271. The van der Waals surface area contributed by atoms with E-state index in [0.717, 1.165) is 17.3 Å². The summed E-state index contributed by atoms with van der Waals surface area (Å²) in [6.45, 7) is 2.03. The third-order valence-electron chi connectivity index (χ3n) is 2.68. The summed E-state index contributed by atoms with van der Waals surface area (Å²) in [7, 11) is 0. The maximum atomic E-state index is 9.12. The molecule has 0 amide bonds. The zero-order valence-corrected chi connectivity index (χ0v) is 9.72. The summed E-state index contributed by atoms with van der Waals surface area (Å²) >= 11 is 0. The van der Waals surface area contributed by atoms with Gasteiger partial charge in [0.15, 0.2) is 0 Å². The van der Waals surface area contributed by atoms with Crippen molar-refractivity contribution >= 4 is 22.7 Å². The predicted octanol–water partition coefficient (Wildman–Crippen LogP) is 1.39. The number of rotatable bonds is 4. The van der Waals surface area contributed by atoms with Gasteiger partial charge in [-0.1, -0.05) is 19.1 Å². The number of fused-ring (bicyclic) bond motifs is 1. The van der Waals surface area contributed by atoms with E-state index in [-0.39, 0.29) is 12.6 Å². The summed E-state index contributed by atoms with van der Waals surface area (Å²) in [5.41, 5.74) is 6.66. The molecule has 0 aliphatic heterocycles. The lowest BCUT2D eigenvalue weighted by Gasteiger charge is -2.14. The van der Waals surface area contributed by atoms with Crippen LogP contribution in [0.1, 0.15) is 13.3 Å². The number of aromatic nitrogens is 2. The molecular formula is C12H16N4O. The molecule has 1 aromatic carbocycles. The van der Waals surface area contributed by atoms with Crippen LogP contribution in [0.2, 0.25) is 0 Å². The van der Waals surface area contributed by atoms with E-state index in [2.05, 4.69) is 15.3 Å². The van der Waals surface area contributed by atoms with Crippen molar-refractivity contribution in [3.05, 3.63) is 24.3 Å². The van der Waals surface area contributed by atoms with Crippen LogP contribution < -0.4 is 11.1 Å². The van der Waals surface area contributed by atoms with Crippen LogP contribution in [0.5, 0.6) is 0 Å². The molecule has 1 aromatic heterocycles. The molecule has 0 fully saturated rings. The molecule has 1 heterocycles. The van der Waals surface area contributed by atoms with Crippen molar-refractivity contribution in [3.63, 3.8) is 0 Å². The van der Waals surface area contributed by atoms with Crippen LogP contribution in [0.3, 0.4) is 0 Å². The van der Waals surface area contributed by atoms with Gasteiger partial charge in [0, 0.05) is 5.39 Å². The highest BCUT2D eigenvalue weighted by molar-refractivity contribution is 5.88. The summed E-state index contributed by atoms with van der Waals surface area (Å²) in [5.74, 6) is 0.910. The molecular weight excluding hydrogens is 216 g/mol. The van der Waals surface area contributed by atoms with Gasteiger partial charge in [-0.15, -0.1) is 0 Å². The van der Waals surface area contributed by atoms with Gasteiger partial charge in [-0.3, -0.25) is 0 Å². The third-order valence-corrected chi connectivity index (χ3v) is 2.68. The number of para-hydroxylation sites is 1. The van der Waals surface area contributed by atoms with Gasteiger partial charge in [0.1, 0.15) is 5.82 Å². The molecule has 2 aromatic rings. The molecule has 1 atom stereocenters. The van der Waals surface area contributed by atoms with E-state index in [0.29, 0.717) is 11.8 Å². The van der Waals surface area contributed by atoms with Crippen LogP contribution in [0.4, 0.5) is 11.8 Å². The van der Waals surface area contributed by atoms with Gasteiger partial charge in [0.05, 0.1) is 18.2 Å². The minimum Gasteiger partial charge on any atom is -0.394 e. The van der Waals surface area contributed by atoms with E-state index in [4.69, 9.17) is 10.8 Å². The van der Waals surface area contributed by atoms with Crippen molar-refractivity contribution in [2.75, 3.05) is 17.7 Å². The Morgan fingerprint density at radius 1 is 1.35 bits per heavy atom. The van der Waals surface area contributed by atoms with E-state index in [1.165, 1.54) is 0 Å². The summed E-state index contributed by atoms with van der Waals surface area (Å²) in [6.07, 6.45) is 0.798. The van der Waals surface area contributed by atoms with Crippen LogP contribution >= 0.6 is 0 Å². The SMILES string of the molecule is CC[C@@H](CO)Nc1nc(N)c2ccccc2n1. The molecule has 0 saturated heterocycles. The number of aliphatic hydroxyl groups excluding tert-OH is 1. The van der Waals surface area contributed by atoms with E-state index >= 15 is 0 Å². The summed E-state index contributed by atoms with van der Waals surface area (Å²) < 4.78 is 0. The molecule has 0 spiro atoms. The fourth-order valence-electron chi connectivity index (χ4n) is 1.63. The molecule has 90 valence electrons. The Morgan fingerprint density at radius 2 is 2.12 bits per heavy atom. The van der Waals surface area contributed by atoms with Gasteiger partial charge in [-0.25, -0.2) is 4.98 Å². The van der Waals surface area contributed by atoms with E-state index in [1.807, 2.05) is 31.2 Å². The number of hydrogen-bond donors (Lipinski definition) is 3. The molecule has 0 radical (unpaired) electrons. The fraction of sp³-hybridized carbons (Fsp3) is 0.333. The monoisotopic (exact) mass is 232 g/mol. The molecule has 0 aliphatic rings. The van der Waals surface area contributed by atoms with Gasteiger partial charge in [-0.2, -0.15) is 4.98 Å². The van der Waals surface area contributed by atoms with Crippen molar-refractivity contribution in [2.45, 2.75) is 19.4 Å². The predicted molar refractivity (Wildman–Crippen MR) is 68.7 cm³/mol. The first-order valence-electron chi connectivity index (χ1n) is 5.64. The van der Waals surface area contributed by atoms with Gasteiger partial charge >= 0.3 is 0 Å². The highest BCUT2D eigenvalue weighted by atomic mass is 16.3. The first kappa shape index (κ1) is 11.6. The van der Waals surface area contributed by atoms with Gasteiger partial charge in [0.2, 0.25) is 5.95 Å². The molecule has 2 rings (SSSR count). The number of anilines is 2. The Morgan fingerprint density at radius 3 is 2.82 bits per heavy atom. The smallest absolute Gasteiger partial charge is 0.225 e. The van der Waals surface area contributed by atoms with Crippen molar-refractivity contribution < 1.29 is 5.11 Å². The molecule has 0 saturated carbocycles. The van der Waals surface area contributed by atoms with Crippen molar-refractivity contribution in [1.29, 1.82) is 0 Å². The second-order valence-electron chi connectivity index (χ2n) is 3.88. The highest BCUT2D eigenvalue weighted by Gasteiger charge is 2.08. The number of nitrogen functional groups attached to an aromatic ring is 1. The molecule has 4 N–H and O–H groups in total. The normalized spacial score (nSPS) is 12.6. The highest BCUT2D eigenvalue weighted by Crippen LogP contribution is 2.19. The zero-order valence-electron chi connectivity index (χ0n) is 9.72. The van der Waals surface area contributed by atoms with Gasteiger partial charge < -0.3 is 16.2 Å². The average Bonchev–Trinajstić information content (AvgIpc) is 2.36. The Balaban J connectivity index is 2.36. The van der Waals surface area contributed by atoms with Crippen molar-refractivity contribution in [2.24, 2.45) is 0 Å². The molecule has 17 heavy (non-hydrogen) atoms. The second-order valence-corrected chi connectivity index (χ2v) is 3.88. The van der Waals surface area contributed by atoms with Crippen LogP contribution in [-0.2, 0) is 0 Å². The molecule has 0 unspecified atom stereocenters. The van der Waals surface area contributed by atoms with Crippen molar-refractivity contribution in [1.82, 2.24) is 9.97 Å². The third kappa shape index (κ3) is 2.45. The second kappa shape index (κ2) is 4.97. The van der Waals surface area contributed by atoms with E-state index in [9.17, 15) is 0 Å². The number of aliphatic hydroxyl groups is 1. The number of benzene rings is 1. The lowest BCUT2D eigenvalue weighted by Crippen LogP contribution is -2.24. The van der Waals surface area contributed by atoms with E-state index in [1.54, 1.807) is 0 Å². The zero-order chi connectivity index (χ0) is 12.3. The standard InChI is InChI=1S/C12H16N4O/c1-2-8(7-17)14-12-15-10-6-4-3-5-9(10)11(13)16-12/h3-6,8,17H,2,7H2,1H3,(H3,13,14,15,16)/t8-/m0/s1. The Bertz CT molecular complexity index is 511. The molecule has 0 bridgehead atoms.